The summed E-state index contributed by atoms with van der Waals surface area (Å²) in [5, 5.41) is 5.46. The summed E-state index contributed by atoms with van der Waals surface area (Å²) in [7, 11) is 0. The summed E-state index contributed by atoms with van der Waals surface area (Å²) in [6, 6.07) is 41.4. The van der Waals surface area contributed by atoms with E-state index in [-0.39, 0.29) is 0 Å². The molecule has 0 bridgehead atoms. The first-order valence-corrected chi connectivity index (χ1v) is 14.8. The molecule has 0 spiro atoms. The van der Waals surface area contributed by atoms with Crippen LogP contribution in [0.1, 0.15) is 43.4 Å². The molecular formula is C37H36Zr. The standard InChI is InChI=1S/C18H17.C17H15.C2H4.Zr/c1-13(2)16-11-15-9-6-10-17(18(15)12-16)14-7-4-3-5-8-14;1-12-10-16-13(2)8-9-15(17(16)11-12)14-6-4-3-5-7-14;1-2;/h3-13H,1-2H3;3-11H,1-2H3;1H,2H3;/q2*-1;;+2. The third-order valence-corrected chi connectivity index (χ3v) is 6.86. The van der Waals surface area contributed by atoms with Gasteiger partial charge in [-0.05, 0) is 17.0 Å². The molecule has 0 aliphatic rings. The Morgan fingerprint density at radius 1 is 0.658 bits per heavy atom. The van der Waals surface area contributed by atoms with Crippen LogP contribution in [0.4, 0.5) is 0 Å². The Bertz CT molecular complexity index is 1610. The Labute approximate surface area is 243 Å². The Hall–Kier alpha value is -3.15. The molecule has 1 heteroatoms. The summed E-state index contributed by atoms with van der Waals surface area (Å²) in [5.41, 5.74) is 9.37. The van der Waals surface area contributed by atoms with Crippen LogP contribution < -0.4 is 0 Å². The van der Waals surface area contributed by atoms with Gasteiger partial charge < -0.3 is 0 Å². The number of aryl methyl sites for hydroxylation is 2. The fraction of sp³-hybridized carbons (Fsp3) is 0.162. The Morgan fingerprint density at radius 2 is 1.24 bits per heavy atom. The van der Waals surface area contributed by atoms with Crippen molar-refractivity contribution in [2.45, 2.75) is 40.5 Å². The van der Waals surface area contributed by atoms with Crippen LogP contribution in [-0.4, -0.2) is 3.71 Å². The summed E-state index contributed by atoms with van der Waals surface area (Å²) < 4.78 is 2.09. The van der Waals surface area contributed by atoms with E-state index in [0.29, 0.717) is 5.92 Å². The van der Waals surface area contributed by atoms with Crippen molar-refractivity contribution in [2.24, 2.45) is 0 Å². The van der Waals surface area contributed by atoms with Crippen LogP contribution in [0.25, 0.3) is 43.8 Å². The molecule has 6 aromatic carbocycles. The molecular weight excluding hydrogens is 536 g/mol. The van der Waals surface area contributed by atoms with Gasteiger partial charge in [0.2, 0.25) is 0 Å². The SMILES string of the molecule is CC(C)c1cc2c(-c3ccccc3)cccc2[cH-]1.C[CH]=[Zr+2].Cc1cc2c(-c3ccccc3)ccc(C)c2[cH-]1. The van der Waals surface area contributed by atoms with Crippen molar-refractivity contribution in [3.63, 3.8) is 0 Å². The van der Waals surface area contributed by atoms with Crippen molar-refractivity contribution in [3.8, 4) is 22.3 Å². The summed E-state index contributed by atoms with van der Waals surface area (Å²) >= 11 is 1.51. The van der Waals surface area contributed by atoms with Crippen LogP contribution in [-0.2, 0) is 24.2 Å². The van der Waals surface area contributed by atoms with Gasteiger partial charge in [0.05, 0.1) is 0 Å². The average Bonchev–Trinajstić information content (AvgIpc) is 3.55. The van der Waals surface area contributed by atoms with E-state index >= 15 is 0 Å². The van der Waals surface area contributed by atoms with E-state index in [9.17, 15) is 0 Å². The molecule has 6 rings (SSSR count). The predicted molar refractivity (Wildman–Crippen MR) is 165 cm³/mol. The van der Waals surface area contributed by atoms with Gasteiger partial charge in [-0.3, -0.25) is 0 Å². The van der Waals surface area contributed by atoms with Gasteiger partial charge >= 0.3 is 34.9 Å². The van der Waals surface area contributed by atoms with Crippen LogP contribution >= 0.6 is 0 Å². The van der Waals surface area contributed by atoms with Gasteiger partial charge in [-0.2, -0.15) is 12.1 Å². The zero-order chi connectivity index (χ0) is 27.1. The first kappa shape index (κ1) is 27.9. The quantitative estimate of drug-likeness (QED) is 0.185. The van der Waals surface area contributed by atoms with Gasteiger partial charge in [0.15, 0.2) is 0 Å². The number of fused-ring (bicyclic) bond motifs is 2. The first-order valence-electron chi connectivity index (χ1n) is 13.3. The monoisotopic (exact) mass is 570 g/mol. The molecule has 38 heavy (non-hydrogen) atoms. The smallest absolute Gasteiger partial charge is 0.0279 e. The molecule has 0 aromatic heterocycles. The minimum Gasteiger partial charge on any atom is -0.165 e. The van der Waals surface area contributed by atoms with E-state index in [1.54, 1.807) is 0 Å². The average molecular weight is 572 g/mol. The zero-order valence-corrected chi connectivity index (χ0v) is 25.6. The summed E-state index contributed by atoms with van der Waals surface area (Å²) in [4.78, 5) is 0. The molecule has 0 amide bonds. The minimum absolute atomic E-state index is 0.584. The van der Waals surface area contributed by atoms with E-state index in [2.05, 4.69) is 147 Å². The molecule has 0 heterocycles. The molecule has 0 atom stereocenters. The molecule has 0 saturated heterocycles. The van der Waals surface area contributed by atoms with Gasteiger partial charge in [0.25, 0.3) is 0 Å². The van der Waals surface area contributed by atoms with Crippen LogP contribution in [0.3, 0.4) is 0 Å². The Morgan fingerprint density at radius 3 is 1.82 bits per heavy atom. The van der Waals surface area contributed by atoms with Crippen molar-refractivity contribution in [1.29, 1.82) is 0 Å². The fourth-order valence-electron chi connectivity index (χ4n) is 4.92. The van der Waals surface area contributed by atoms with E-state index in [0.717, 1.165) is 0 Å². The van der Waals surface area contributed by atoms with E-state index in [1.165, 1.54) is 84.7 Å². The maximum atomic E-state index is 2.34. The molecule has 0 radical (unpaired) electrons. The van der Waals surface area contributed by atoms with Crippen molar-refractivity contribution < 1.29 is 24.2 Å². The zero-order valence-electron chi connectivity index (χ0n) is 23.1. The third-order valence-electron chi connectivity index (χ3n) is 6.86. The first-order chi connectivity index (χ1) is 18.4. The van der Waals surface area contributed by atoms with Gasteiger partial charge in [0, 0.05) is 0 Å². The largest absolute Gasteiger partial charge is 0.165 e. The van der Waals surface area contributed by atoms with Crippen molar-refractivity contribution in [1.82, 2.24) is 0 Å². The summed E-state index contributed by atoms with van der Waals surface area (Å²) in [5.74, 6) is 0.584. The topological polar surface area (TPSA) is 0 Å². The summed E-state index contributed by atoms with van der Waals surface area (Å²) in [6.45, 7) is 10.9. The van der Waals surface area contributed by atoms with Gasteiger partial charge in [-0.1, -0.05) is 112 Å². The maximum Gasteiger partial charge on any atom is -0.0279 e. The van der Waals surface area contributed by atoms with Crippen molar-refractivity contribution in [2.75, 3.05) is 0 Å². The van der Waals surface area contributed by atoms with E-state index in [1.807, 2.05) is 6.92 Å². The Balaban J connectivity index is 0.000000161. The molecule has 0 aliphatic carbocycles. The van der Waals surface area contributed by atoms with Crippen LogP contribution in [0.2, 0.25) is 0 Å². The second-order valence-corrected chi connectivity index (χ2v) is 11.5. The predicted octanol–water partition coefficient (Wildman–Crippen LogP) is 10.5. The number of benzene rings is 4. The number of rotatable bonds is 3. The van der Waals surface area contributed by atoms with Crippen LogP contribution in [0.5, 0.6) is 0 Å². The molecule has 0 saturated carbocycles. The van der Waals surface area contributed by atoms with Crippen LogP contribution in [0, 0.1) is 13.8 Å². The number of hydrogen-bond acceptors (Lipinski definition) is 0. The molecule has 0 fully saturated rings. The molecule has 188 valence electrons. The molecule has 6 aromatic rings. The van der Waals surface area contributed by atoms with E-state index in [4.69, 9.17) is 0 Å². The van der Waals surface area contributed by atoms with Gasteiger partial charge in [-0.15, -0.1) is 68.6 Å². The molecule has 0 aliphatic heterocycles. The van der Waals surface area contributed by atoms with Crippen molar-refractivity contribution in [3.05, 3.63) is 132 Å². The second kappa shape index (κ2) is 13.1. The van der Waals surface area contributed by atoms with E-state index < -0.39 is 0 Å². The Kier molecular flexibility index (Phi) is 9.60. The third kappa shape index (κ3) is 6.46. The number of hydrogen-bond donors (Lipinski definition) is 0. The fourth-order valence-corrected chi connectivity index (χ4v) is 4.92. The maximum absolute atomic E-state index is 2.34. The molecule has 0 nitrogen and oxygen atoms in total. The molecule has 0 N–H and O–H groups in total. The minimum atomic E-state index is 0.584. The van der Waals surface area contributed by atoms with Crippen molar-refractivity contribution >= 4 is 25.3 Å². The molecule has 0 unspecified atom stereocenters. The summed E-state index contributed by atoms with van der Waals surface area (Å²) in [6.07, 6.45) is 0. The van der Waals surface area contributed by atoms with Gasteiger partial charge in [0.1, 0.15) is 0 Å². The van der Waals surface area contributed by atoms with Crippen LogP contribution in [0.15, 0.2) is 115 Å². The van der Waals surface area contributed by atoms with Gasteiger partial charge in [-0.25, -0.2) is 0 Å². The normalized spacial score (nSPS) is 10.6. The second-order valence-electron chi connectivity index (χ2n) is 10.1.